The van der Waals surface area contributed by atoms with Crippen LogP contribution >= 0.6 is 0 Å². The Morgan fingerprint density at radius 1 is 1.31 bits per heavy atom. The van der Waals surface area contributed by atoms with Crippen LogP contribution in [0.25, 0.3) is 0 Å². The lowest BCUT2D eigenvalue weighted by Crippen LogP contribution is -2.59. The molecule has 88 valence electrons. The van der Waals surface area contributed by atoms with E-state index in [0.29, 0.717) is 12.8 Å². The third-order valence-corrected chi connectivity index (χ3v) is 2.82. The molecule has 0 spiro atoms. The molecule has 0 heterocycles. The normalized spacial score (nSPS) is 18.2. The van der Waals surface area contributed by atoms with Crippen molar-refractivity contribution in [3.05, 3.63) is 0 Å². The minimum atomic E-state index is -1.20. The number of nitrogens with zero attached hydrogens (tertiary/aromatic N) is 1. The first kappa shape index (κ1) is 12.3. The lowest BCUT2D eigenvalue weighted by Gasteiger charge is -2.35. The number of carboxylic acid groups (broad SMARTS) is 1. The van der Waals surface area contributed by atoms with Crippen LogP contribution in [0.4, 0.5) is 4.79 Å². The zero-order valence-electron chi connectivity index (χ0n) is 8.95. The molecular formula is C10H15N3O3. The number of hydrogen-bond acceptors (Lipinski definition) is 3. The number of hydrogen-bond donors (Lipinski definition) is 3. The average Bonchev–Trinajstić information content (AvgIpc) is 2.26. The first-order valence-electron chi connectivity index (χ1n) is 5.27. The fraction of sp³-hybridized carbons (Fsp3) is 0.700. The second-order valence-corrected chi connectivity index (χ2v) is 3.91. The number of rotatable bonds is 3. The molecule has 1 fully saturated rings. The van der Waals surface area contributed by atoms with Gasteiger partial charge in [0.25, 0.3) is 0 Å². The largest absolute Gasteiger partial charge is 0.465 e. The molecule has 6 nitrogen and oxygen atoms in total. The highest BCUT2D eigenvalue weighted by Crippen LogP contribution is 2.28. The van der Waals surface area contributed by atoms with E-state index in [9.17, 15) is 9.59 Å². The Morgan fingerprint density at radius 3 is 2.44 bits per heavy atom. The summed E-state index contributed by atoms with van der Waals surface area (Å²) in [5, 5.41) is 21.8. The van der Waals surface area contributed by atoms with Gasteiger partial charge in [-0.1, -0.05) is 19.3 Å². The van der Waals surface area contributed by atoms with E-state index in [0.717, 1.165) is 19.3 Å². The van der Waals surface area contributed by atoms with Gasteiger partial charge in [-0.25, -0.2) is 4.79 Å². The van der Waals surface area contributed by atoms with Gasteiger partial charge in [0.05, 0.1) is 6.07 Å². The van der Waals surface area contributed by atoms with Gasteiger partial charge in [-0.05, 0) is 12.8 Å². The first-order chi connectivity index (χ1) is 7.60. The number of carbonyl (C=O) groups excluding carboxylic acids is 1. The van der Waals surface area contributed by atoms with Gasteiger partial charge in [0, 0.05) is 0 Å². The molecule has 0 aromatic rings. The fourth-order valence-corrected chi connectivity index (χ4v) is 2.06. The summed E-state index contributed by atoms with van der Waals surface area (Å²) >= 11 is 0. The van der Waals surface area contributed by atoms with E-state index in [4.69, 9.17) is 10.4 Å². The fourth-order valence-electron chi connectivity index (χ4n) is 2.06. The summed E-state index contributed by atoms with van der Waals surface area (Å²) in [4.78, 5) is 22.5. The van der Waals surface area contributed by atoms with Crippen molar-refractivity contribution in [3.8, 4) is 6.07 Å². The smallest absolute Gasteiger partial charge is 0.405 e. The van der Waals surface area contributed by atoms with E-state index in [-0.39, 0.29) is 6.54 Å². The summed E-state index contributed by atoms with van der Waals surface area (Å²) in [7, 11) is 0. The average molecular weight is 225 g/mol. The Kier molecular flexibility index (Phi) is 4.11. The maximum Gasteiger partial charge on any atom is 0.405 e. The van der Waals surface area contributed by atoms with E-state index in [2.05, 4.69) is 10.6 Å². The molecule has 6 heteroatoms. The summed E-state index contributed by atoms with van der Waals surface area (Å²) in [5.74, 6) is -0.392. The second-order valence-electron chi connectivity index (χ2n) is 3.91. The Balaban J connectivity index is 2.73. The number of nitriles is 1. The Morgan fingerprint density at radius 2 is 1.94 bits per heavy atom. The predicted molar refractivity (Wildman–Crippen MR) is 55.6 cm³/mol. The third-order valence-electron chi connectivity index (χ3n) is 2.82. The zero-order valence-corrected chi connectivity index (χ0v) is 8.95. The lowest BCUT2D eigenvalue weighted by molar-refractivity contribution is -0.128. The summed E-state index contributed by atoms with van der Waals surface area (Å²) in [6.45, 7) is -0.0954. The highest BCUT2D eigenvalue weighted by atomic mass is 16.4. The van der Waals surface area contributed by atoms with Gasteiger partial charge < -0.3 is 15.7 Å². The molecule has 0 saturated heterocycles. The Labute approximate surface area is 93.6 Å². The van der Waals surface area contributed by atoms with E-state index < -0.39 is 17.5 Å². The van der Waals surface area contributed by atoms with Crippen molar-refractivity contribution in [1.29, 1.82) is 5.26 Å². The van der Waals surface area contributed by atoms with Gasteiger partial charge in [0.1, 0.15) is 12.1 Å². The van der Waals surface area contributed by atoms with Crippen LogP contribution in [0.5, 0.6) is 0 Å². The van der Waals surface area contributed by atoms with E-state index in [1.807, 2.05) is 0 Å². The maximum absolute atomic E-state index is 11.8. The van der Waals surface area contributed by atoms with Crippen molar-refractivity contribution >= 4 is 12.0 Å². The number of carbonyl (C=O) groups is 2. The van der Waals surface area contributed by atoms with Crippen LogP contribution in [-0.4, -0.2) is 29.2 Å². The number of amides is 2. The standard InChI is InChI=1S/C10H15N3O3/c11-6-7-12-8(14)10(13-9(15)16)4-2-1-3-5-10/h13H,1-5,7H2,(H,12,14)(H,15,16). The predicted octanol–water partition coefficient (Wildman–Crippen LogP) is 0.597. The minimum absolute atomic E-state index is 0.0954. The maximum atomic E-state index is 11.8. The molecule has 1 saturated carbocycles. The highest BCUT2D eigenvalue weighted by Gasteiger charge is 2.40. The van der Waals surface area contributed by atoms with Gasteiger partial charge in [-0.3, -0.25) is 4.79 Å². The molecule has 2 amide bonds. The minimum Gasteiger partial charge on any atom is -0.465 e. The van der Waals surface area contributed by atoms with Crippen LogP contribution in [0.2, 0.25) is 0 Å². The highest BCUT2D eigenvalue weighted by molar-refractivity contribution is 5.89. The molecule has 0 radical (unpaired) electrons. The summed E-state index contributed by atoms with van der Waals surface area (Å²) in [6, 6.07) is 1.80. The second kappa shape index (κ2) is 5.35. The Hall–Kier alpha value is -1.77. The van der Waals surface area contributed by atoms with Crippen molar-refractivity contribution in [2.45, 2.75) is 37.6 Å². The molecule has 0 atom stereocenters. The van der Waals surface area contributed by atoms with Crippen LogP contribution in [0.15, 0.2) is 0 Å². The molecule has 3 N–H and O–H groups in total. The van der Waals surface area contributed by atoms with Gasteiger partial charge in [-0.15, -0.1) is 0 Å². The summed E-state index contributed by atoms with van der Waals surface area (Å²) < 4.78 is 0. The van der Waals surface area contributed by atoms with Crippen LogP contribution in [0.1, 0.15) is 32.1 Å². The van der Waals surface area contributed by atoms with E-state index >= 15 is 0 Å². The summed E-state index contributed by atoms with van der Waals surface area (Å²) in [5.41, 5.74) is -1.04. The molecule has 0 unspecified atom stereocenters. The Bertz CT molecular complexity index is 316. The molecule has 0 aromatic carbocycles. The molecule has 0 aromatic heterocycles. The SMILES string of the molecule is N#CCNC(=O)C1(NC(=O)O)CCCCC1. The number of nitrogens with one attached hydrogen (secondary N) is 2. The quantitative estimate of drug-likeness (QED) is 0.612. The molecule has 1 aliphatic carbocycles. The van der Waals surface area contributed by atoms with Gasteiger partial charge in [0.15, 0.2) is 0 Å². The molecular weight excluding hydrogens is 210 g/mol. The third kappa shape index (κ3) is 2.86. The molecule has 0 bridgehead atoms. The summed E-state index contributed by atoms with van der Waals surface area (Å²) in [6.07, 6.45) is 2.44. The first-order valence-corrected chi connectivity index (χ1v) is 5.27. The van der Waals surface area contributed by atoms with Gasteiger partial charge in [0.2, 0.25) is 5.91 Å². The van der Waals surface area contributed by atoms with Crippen molar-refractivity contribution in [1.82, 2.24) is 10.6 Å². The van der Waals surface area contributed by atoms with Crippen molar-refractivity contribution in [2.75, 3.05) is 6.54 Å². The van der Waals surface area contributed by atoms with Crippen LogP contribution in [-0.2, 0) is 4.79 Å². The van der Waals surface area contributed by atoms with Crippen molar-refractivity contribution < 1.29 is 14.7 Å². The molecule has 16 heavy (non-hydrogen) atoms. The monoisotopic (exact) mass is 225 g/mol. The van der Waals surface area contributed by atoms with Crippen molar-refractivity contribution in [2.24, 2.45) is 0 Å². The molecule has 1 aliphatic rings. The van der Waals surface area contributed by atoms with Crippen molar-refractivity contribution in [3.63, 3.8) is 0 Å². The topological polar surface area (TPSA) is 102 Å². The lowest BCUT2D eigenvalue weighted by atomic mass is 9.81. The van der Waals surface area contributed by atoms with Crippen LogP contribution in [0, 0.1) is 11.3 Å². The van der Waals surface area contributed by atoms with Crippen LogP contribution < -0.4 is 10.6 Å². The van der Waals surface area contributed by atoms with Gasteiger partial charge >= 0.3 is 6.09 Å². The van der Waals surface area contributed by atoms with Gasteiger partial charge in [-0.2, -0.15) is 5.26 Å². The van der Waals surface area contributed by atoms with E-state index in [1.165, 1.54) is 0 Å². The zero-order chi connectivity index (χ0) is 12.0. The van der Waals surface area contributed by atoms with Crippen LogP contribution in [0.3, 0.4) is 0 Å². The molecule has 1 rings (SSSR count). The molecule has 0 aliphatic heterocycles. The van der Waals surface area contributed by atoms with E-state index in [1.54, 1.807) is 6.07 Å².